The smallest absolute Gasteiger partial charge is 0.319 e. The minimum Gasteiger partial charge on any atom is -0.319 e. The molecule has 0 radical (unpaired) electrons. The average molecular weight is 370 g/mol. The molecule has 0 N–H and O–H groups in total. The largest absolute Gasteiger partial charge is 0.324 e. The maximum Gasteiger partial charge on any atom is 0.324 e. The van der Waals surface area contributed by atoms with E-state index in [2.05, 4.69) is 0 Å². The van der Waals surface area contributed by atoms with E-state index in [0.29, 0.717) is 26.2 Å². The molecule has 0 spiro atoms. The molecule has 0 saturated carbocycles. The third-order valence-corrected chi connectivity index (χ3v) is 5.38. The normalized spacial score (nSPS) is 35.2. The van der Waals surface area contributed by atoms with Crippen LogP contribution in [0.25, 0.3) is 0 Å². The minimum atomic E-state index is -0.751. The van der Waals surface area contributed by atoms with Crippen LogP contribution in [0.1, 0.15) is 27.7 Å². The summed E-state index contributed by atoms with van der Waals surface area (Å²) in [5, 5.41) is 0. The molecule has 4 saturated heterocycles. The summed E-state index contributed by atoms with van der Waals surface area (Å²) in [4.78, 5) is 31.3. The predicted molar refractivity (Wildman–Crippen MR) is 87.4 cm³/mol. The molecular formula is C16H26N4O6. The lowest BCUT2D eigenvalue weighted by molar-refractivity contribution is -0.242. The lowest BCUT2D eigenvalue weighted by Crippen LogP contribution is -2.42. The van der Waals surface area contributed by atoms with E-state index in [0.717, 1.165) is 0 Å². The molecule has 0 bridgehead atoms. The van der Waals surface area contributed by atoms with Crippen molar-refractivity contribution in [2.24, 2.45) is 0 Å². The third-order valence-electron chi connectivity index (χ3n) is 5.38. The summed E-state index contributed by atoms with van der Waals surface area (Å²) in [6.45, 7) is 9.75. The molecule has 0 aromatic carbocycles. The zero-order valence-corrected chi connectivity index (χ0v) is 15.5. The maximum absolute atomic E-state index is 12.3. The summed E-state index contributed by atoms with van der Waals surface area (Å²) in [7, 11) is 0. The fourth-order valence-electron chi connectivity index (χ4n) is 4.08. The summed E-state index contributed by atoms with van der Waals surface area (Å²) >= 11 is 0. The first-order chi connectivity index (χ1) is 12.5. The Morgan fingerprint density at radius 2 is 0.808 bits per heavy atom. The summed E-state index contributed by atoms with van der Waals surface area (Å²) < 4.78 is 23.9. The Kier molecular flexibility index (Phi) is 4.46. The molecule has 4 amide bonds. The Hall–Kier alpha value is -1.62. The van der Waals surface area contributed by atoms with Crippen molar-refractivity contribution in [3.05, 3.63) is 0 Å². The molecule has 10 nitrogen and oxygen atoms in total. The van der Waals surface area contributed by atoms with Crippen LogP contribution >= 0.6 is 0 Å². The summed E-state index contributed by atoms with van der Waals surface area (Å²) in [5.74, 6) is 0. The van der Waals surface area contributed by atoms with Crippen LogP contribution in [-0.4, -0.2) is 95.3 Å². The van der Waals surface area contributed by atoms with Gasteiger partial charge in [0.05, 0.1) is 0 Å². The lowest BCUT2D eigenvalue weighted by Gasteiger charge is -2.26. The van der Waals surface area contributed by atoms with Crippen molar-refractivity contribution in [2.75, 3.05) is 26.2 Å². The lowest BCUT2D eigenvalue weighted by atomic mass is 10.4. The Morgan fingerprint density at radius 1 is 0.577 bits per heavy atom. The van der Waals surface area contributed by atoms with E-state index in [1.54, 1.807) is 19.6 Å². The van der Waals surface area contributed by atoms with E-state index in [-0.39, 0.29) is 12.1 Å². The highest BCUT2D eigenvalue weighted by atomic mass is 16.8. The second-order valence-electron chi connectivity index (χ2n) is 6.55. The quantitative estimate of drug-likeness (QED) is 0.704. The summed E-state index contributed by atoms with van der Waals surface area (Å²) in [6.07, 6.45) is -3.40. The van der Waals surface area contributed by atoms with Gasteiger partial charge in [0.1, 0.15) is 0 Å². The van der Waals surface area contributed by atoms with Crippen LogP contribution in [0.5, 0.6) is 0 Å². The van der Waals surface area contributed by atoms with Gasteiger partial charge in [-0.05, 0) is 27.7 Å². The van der Waals surface area contributed by atoms with E-state index in [4.69, 9.17) is 18.9 Å². The van der Waals surface area contributed by atoms with Gasteiger partial charge in [0.15, 0.2) is 24.9 Å². The molecule has 10 heteroatoms. The highest BCUT2D eigenvalue weighted by Crippen LogP contribution is 2.39. The number of rotatable bonds is 5. The Labute approximate surface area is 152 Å². The van der Waals surface area contributed by atoms with Gasteiger partial charge in [0.25, 0.3) is 0 Å². The van der Waals surface area contributed by atoms with Gasteiger partial charge in [-0.3, -0.25) is 19.6 Å². The van der Waals surface area contributed by atoms with E-state index >= 15 is 0 Å². The number of urea groups is 2. The number of nitrogens with zero attached hydrogens (tertiary/aromatic N) is 4. The highest BCUT2D eigenvalue weighted by Gasteiger charge is 2.59. The van der Waals surface area contributed by atoms with Crippen molar-refractivity contribution in [3.63, 3.8) is 0 Å². The van der Waals surface area contributed by atoms with Crippen molar-refractivity contribution < 1.29 is 28.5 Å². The monoisotopic (exact) mass is 370 g/mol. The van der Waals surface area contributed by atoms with Crippen LogP contribution < -0.4 is 0 Å². The molecule has 0 aromatic rings. The van der Waals surface area contributed by atoms with Crippen molar-refractivity contribution in [1.29, 1.82) is 0 Å². The fraction of sp³-hybridized carbons (Fsp3) is 0.875. The second-order valence-corrected chi connectivity index (χ2v) is 6.55. The molecule has 4 rings (SSSR count). The molecule has 0 unspecified atom stereocenters. The molecule has 4 aliphatic heterocycles. The highest BCUT2D eigenvalue weighted by molar-refractivity contribution is 5.78. The van der Waals surface area contributed by atoms with Crippen molar-refractivity contribution in [1.82, 2.24) is 19.6 Å². The molecule has 0 aromatic heterocycles. The first-order valence-electron chi connectivity index (χ1n) is 9.31. The van der Waals surface area contributed by atoms with E-state index in [9.17, 15) is 9.59 Å². The number of ether oxygens (including phenoxy) is 4. The summed E-state index contributed by atoms with van der Waals surface area (Å²) in [5.41, 5.74) is 0. The van der Waals surface area contributed by atoms with Crippen LogP contribution in [0.15, 0.2) is 0 Å². The van der Waals surface area contributed by atoms with Gasteiger partial charge in [-0.25, -0.2) is 9.59 Å². The van der Waals surface area contributed by atoms with Gasteiger partial charge >= 0.3 is 12.1 Å². The Morgan fingerprint density at radius 3 is 1.00 bits per heavy atom. The standard InChI is InChI=1S/C16H26N4O6/c1-5-17-9-10(18(6-2)15(17)21)24-13(23-9)14-25-11-12(26-14)20(8-4)16(22)19(11)7-3/h9-14H,5-8H2,1-4H3/t9-,10-,11+,12+. The maximum atomic E-state index is 12.3. The molecule has 4 aliphatic rings. The fourth-order valence-corrected chi connectivity index (χ4v) is 4.08. The van der Waals surface area contributed by atoms with Crippen LogP contribution in [-0.2, 0) is 18.9 Å². The van der Waals surface area contributed by atoms with Crippen LogP contribution in [0.3, 0.4) is 0 Å². The van der Waals surface area contributed by atoms with Crippen LogP contribution in [0, 0.1) is 0 Å². The van der Waals surface area contributed by atoms with Gasteiger partial charge in [-0.1, -0.05) is 0 Å². The number of likely N-dealkylation sites (N-methyl/N-ethyl adjacent to an activating group) is 4. The first-order valence-corrected chi connectivity index (χ1v) is 9.31. The Balaban J connectivity index is 1.48. The molecule has 146 valence electrons. The number of hydrogen-bond donors (Lipinski definition) is 0. The zero-order valence-electron chi connectivity index (χ0n) is 15.5. The van der Waals surface area contributed by atoms with Gasteiger partial charge in [-0.15, -0.1) is 0 Å². The molecule has 4 atom stereocenters. The van der Waals surface area contributed by atoms with E-state index < -0.39 is 37.5 Å². The first kappa shape index (κ1) is 17.8. The topological polar surface area (TPSA) is 84.0 Å². The van der Waals surface area contributed by atoms with Gasteiger partial charge in [-0.2, -0.15) is 0 Å². The second kappa shape index (κ2) is 6.52. The minimum absolute atomic E-state index is 0.0894. The number of hydrogen-bond acceptors (Lipinski definition) is 6. The SMILES string of the molecule is CCN1C(=O)N(CC)[C@@H]2OC(C3O[C@H]4[C@H](O3)N(CC)C(=O)N4CC)O[C@H]21. The number of fused-ring (bicyclic) bond motifs is 2. The average Bonchev–Trinajstić information content (AvgIpc) is 3.32. The van der Waals surface area contributed by atoms with Crippen molar-refractivity contribution >= 4 is 12.1 Å². The van der Waals surface area contributed by atoms with Crippen molar-refractivity contribution in [2.45, 2.75) is 65.2 Å². The van der Waals surface area contributed by atoms with Crippen LogP contribution in [0.4, 0.5) is 9.59 Å². The van der Waals surface area contributed by atoms with E-state index in [1.807, 2.05) is 27.7 Å². The van der Waals surface area contributed by atoms with Crippen molar-refractivity contribution in [3.8, 4) is 0 Å². The molecular weight excluding hydrogens is 344 g/mol. The van der Waals surface area contributed by atoms with Crippen LogP contribution in [0.2, 0.25) is 0 Å². The molecule has 4 heterocycles. The number of carbonyl (C=O) groups excluding carboxylic acids is 2. The molecule has 26 heavy (non-hydrogen) atoms. The molecule has 0 aliphatic carbocycles. The van der Waals surface area contributed by atoms with Gasteiger partial charge in [0, 0.05) is 26.2 Å². The zero-order chi connectivity index (χ0) is 18.6. The predicted octanol–water partition coefficient (Wildman–Crippen LogP) is 0.591. The number of amides is 4. The Bertz CT molecular complexity index is 497. The van der Waals surface area contributed by atoms with Gasteiger partial charge < -0.3 is 18.9 Å². The van der Waals surface area contributed by atoms with Gasteiger partial charge in [0.2, 0.25) is 12.6 Å². The third kappa shape index (κ3) is 2.32. The molecule has 4 fully saturated rings. The summed E-state index contributed by atoms with van der Waals surface area (Å²) in [6, 6.07) is -0.179. The van der Waals surface area contributed by atoms with E-state index in [1.165, 1.54) is 0 Å². The number of carbonyl (C=O) groups is 2.